The third kappa shape index (κ3) is 5.22. The van der Waals surface area contributed by atoms with E-state index in [4.69, 9.17) is 4.52 Å². The Morgan fingerprint density at radius 1 is 1.36 bits per heavy atom. The SMILES string of the molecule is Cc1cc(CSCC(=O)N[C@@H](C)Cc2ccccc2C)on1. The van der Waals surface area contributed by atoms with Gasteiger partial charge in [-0.25, -0.2) is 0 Å². The average Bonchev–Trinajstić information content (AvgIpc) is 2.87. The van der Waals surface area contributed by atoms with E-state index in [0.29, 0.717) is 11.5 Å². The second-order valence-corrected chi connectivity index (χ2v) is 6.51. The van der Waals surface area contributed by atoms with E-state index in [2.05, 4.69) is 29.5 Å². The zero-order chi connectivity index (χ0) is 15.9. The minimum absolute atomic E-state index is 0.0577. The van der Waals surface area contributed by atoms with Crippen molar-refractivity contribution >= 4 is 17.7 Å². The molecule has 0 aliphatic heterocycles. The number of hydrogen-bond acceptors (Lipinski definition) is 4. The van der Waals surface area contributed by atoms with Gasteiger partial charge < -0.3 is 9.84 Å². The Labute approximate surface area is 135 Å². The first-order valence-electron chi connectivity index (χ1n) is 7.38. The standard InChI is InChI=1S/C17H22N2O2S/c1-12-6-4-5-7-15(12)8-13(2)18-17(20)11-22-10-16-9-14(3)19-21-16/h4-7,9,13H,8,10-11H2,1-3H3,(H,18,20)/t13-/m0/s1. The van der Waals surface area contributed by atoms with E-state index in [0.717, 1.165) is 17.9 Å². The molecule has 22 heavy (non-hydrogen) atoms. The molecular weight excluding hydrogens is 296 g/mol. The van der Waals surface area contributed by atoms with E-state index in [1.54, 1.807) is 0 Å². The molecule has 0 aliphatic carbocycles. The van der Waals surface area contributed by atoms with Crippen molar-refractivity contribution in [1.82, 2.24) is 10.5 Å². The minimum Gasteiger partial charge on any atom is -0.360 e. The van der Waals surface area contributed by atoms with Gasteiger partial charge in [0.25, 0.3) is 0 Å². The lowest BCUT2D eigenvalue weighted by Crippen LogP contribution is -2.35. The molecule has 1 amide bonds. The van der Waals surface area contributed by atoms with E-state index in [9.17, 15) is 4.79 Å². The van der Waals surface area contributed by atoms with Crippen LogP contribution in [-0.2, 0) is 17.0 Å². The maximum Gasteiger partial charge on any atom is 0.230 e. The summed E-state index contributed by atoms with van der Waals surface area (Å²) in [6.07, 6.45) is 0.852. The summed E-state index contributed by atoms with van der Waals surface area (Å²) in [5.41, 5.74) is 3.41. The molecule has 5 heteroatoms. The maximum atomic E-state index is 11.9. The smallest absolute Gasteiger partial charge is 0.230 e. The van der Waals surface area contributed by atoms with E-state index in [-0.39, 0.29) is 11.9 Å². The normalized spacial score (nSPS) is 12.1. The van der Waals surface area contributed by atoms with E-state index < -0.39 is 0 Å². The zero-order valence-electron chi connectivity index (χ0n) is 13.3. The molecule has 0 aliphatic rings. The highest BCUT2D eigenvalue weighted by atomic mass is 32.2. The molecule has 0 spiro atoms. The molecule has 2 aromatic rings. The number of carbonyl (C=O) groups excluding carboxylic acids is 1. The molecule has 0 saturated heterocycles. The molecule has 1 aromatic heterocycles. The molecule has 0 unspecified atom stereocenters. The van der Waals surface area contributed by atoms with Crippen molar-refractivity contribution in [1.29, 1.82) is 0 Å². The second kappa shape index (κ2) is 8.03. The average molecular weight is 318 g/mol. The molecule has 118 valence electrons. The number of thioether (sulfide) groups is 1. The first kappa shape index (κ1) is 16.6. The van der Waals surface area contributed by atoms with Gasteiger partial charge in [-0.1, -0.05) is 29.4 Å². The van der Waals surface area contributed by atoms with E-state index in [1.807, 2.05) is 32.0 Å². The van der Waals surface area contributed by atoms with Gasteiger partial charge in [0.2, 0.25) is 5.91 Å². The monoisotopic (exact) mass is 318 g/mol. The summed E-state index contributed by atoms with van der Waals surface area (Å²) in [7, 11) is 0. The van der Waals surface area contributed by atoms with Crippen LogP contribution < -0.4 is 5.32 Å². The van der Waals surface area contributed by atoms with Crippen molar-refractivity contribution in [2.24, 2.45) is 0 Å². The fourth-order valence-electron chi connectivity index (χ4n) is 2.27. The summed E-state index contributed by atoms with van der Waals surface area (Å²) in [4.78, 5) is 11.9. The van der Waals surface area contributed by atoms with Crippen LogP contribution in [0.5, 0.6) is 0 Å². The number of carbonyl (C=O) groups is 1. The van der Waals surface area contributed by atoms with Gasteiger partial charge in [-0.05, 0) is 38.3 Å². The molecule has 2 rings (SSSR count). The number of rotatable bonds is 7. The Balaban J connectivity index is 1.71. The number of hydrogen-bond donors (Lipinski definition) is 1. The molecule has 0 saturated carbocycles. The first-order chi connectivity index (χ1) is 10.5. The summed E-state index contributed by atoms with van der Waals surface area (Å²) < 4.78 is 5.12. The van der Waals surface area contributed by atoms with Crippen LogP contribution in [0, 0.1) is 13.8 Å². The molecule has 0 fully saturated rings. The van der Waals surface area contributed by atoms with Crippen LogP contribution in [0.15, 0.2) is 34.9 Å². The van der Waals surface area contributed by atoms with Gasteiger partial charge in [0.15, 0.2) is 0 Å². The number of nitrogens with zero attached hydrogens (tertiary/aromatic N) is 1. The number of aryl methyl sites for hydroxylation is 2. The van der Waals surface area contributed by atoms with Crippen molar-refractivity contribution in [3.63, 3.8) is 0 Å². The summed E-state index contributed by atoms with van der Waals surface area (Å²) in [5.74, 6) is 1.96. The van der Waals surface area contributed by atoms with Gasteiger partial charge >= 0.3 is 0 Å². The Kier molecular flexibility index (Phi) is 6.07. The molecule has 0 radical (unpaired) electrons. The van der Waals surface area contributed by atoms with Gasteiger partial charge in [0, 0.05) is 12.1 Å². The lowest BCUT2D eigenvalue weighted by Gasteiger charge is -2.15. The summed E-state index contributed by atoms with van der Waals surface area (Å²) in [6.45, 7) is 6.02. The zero-order valence-corrected chi connectivity index (χ0v) is 14.1. The second-order valence-electron chi connectivity index (χ2n) is 5.53. The lowest BCUT2D eigenvalue weighted by atomic mass is 10.0. The van der Waals surface area contributed by atoms with Crippen LogP contribution in [-0.4, -0.2) is 22.9 Å². The molecular formula is C17H22N2O2S. The summed E-state index contributed by atoms with van der Waals surface area (Å²) in [5, 5.41) is 6.87. The third-order valence-corrected chi connectivity index (χ3v) is 4.30. The molecule has 0 bridgehead atoms. The van der Waals surface area contributed by atoms with Crippen LogP contribution >= 0.6 is 11.8 Å². The van der Waals surface area contributed by atoms with Gasteiger partial charge in [0.05, 0.1) is 17.2 Å². The van der Waals surface area contributed by atoms with Crippen LogP contribution in [0.2, 0.25) is 0 Å². The van der Waals surface area contributed by atoms with Crippen LogP contribution in [0.3, 0.4) is 0 Å². The maximum absolute atomic E-state index is 11.9. The molecule has 1 aromatic carbocycles. The molecule has 1 N–H and O–H groups in total. The fraction of sp³-hybridized carbons (Fsp3) is 0.412. The summed E-state index contributed by atoms with van der Waals surface area (Å²) >= 11 is 1.53. The Morgan fingerprint density at radius 2 is 2.14 bits per heavy atom. The highest BCUT2D eigenvalue weighted by Gasteiger charge is 2.10. The quantitative estimate of drug-likeness (QED) is 0.851. The van der Waals surface area contributed by atoms with Crippen molar-refractivity contribution in [3.8, 4) is 0 Å². The molecule has 4 nitrogen and oxygen atoms in total. The number of nitrogens with one attached hydrogen (secondary N) is 1. The third-order valence-electron chi connectivity index (χ3n) is 3.35. The Hall–Kier alpha value is -1.75. The summed E-state index contributed by atoms with van der Waals surface area (Å²) in [6, 6.07) is 10.3. The number of aromatic nitrogens is 1. The van der Waals surface area contributed by atoms with E-state index in [1.165, 1.54) is 22.9 Å². The van der Waals surface area contributed by atoms with Crippen molar-refractivity contribution in [2.45, 2.75) is 39.0 Å². The number of benzene rings is 1. The highest BCUT2D eigenvalue weighted by Crippen LogP contribution is 2.13. The topological polar surface area (TPSA) is 55.1 Å². The van der Waals surface area contributed by atoms with Crippen molar-refractivity contribution < 1.29 is 9.32 Å². The van der Waals surface area contributed by atoms with Gasteiger partial charge in [-0.2, -0.15) is 0 Å². The van der Waals surface area contributed by atoms with Crippen molar-refractivity contribution in [3.05, 3.63) is 52.9 Å². The van der Waals surface area contributed by atoms with Crippen LogP contribution in [0.1, 0.15) is 29.5 Å². The van der Waals surface area contributed by atoms with E-state index >= 15 is 0 Å². The minimum atomic E-state index is 0.0577. The predicted octanol–water partition coefficient (Wildman–Crippen LogP) is 3.27. The van der Waals surface area contributed by atoms with Crippen LogP contribution in [0.25, 0.3) is 0 Å². The largest absolute Gasteiger partial charge is 0.360 e. The van der Waals surface area contributed by atoms with Gasteiger partial charge in [0.1, 0.15) is 5.76 Å². The highest BCUT2D eigenvalue weighted by molar-refractivity contribution is 7.99. The first-order valence-corrected chi connectivity index (χ1v) is 8.54. The van der Waals surface area contributed by atoms with Crippen molar-refractivity contribution in [2.75, 3.05) is 5.75 Å². The molecule has 1 atom stereocenters. The molecule has 1 heterocycles. The number of amides is 1. The predicted molar refractivity (Wildman–Crippen MR) is 89.9 cm³/mol. The fourth-order valence-corrected chi connectivity index (χ4v) is 2.97. The Bertz CT molecular complexity index is 625. The lowest BCUT2D eigenvalue weighted by molar-refractivity contribution is -0.119. The van der Waals surface area contributed by atoms with Crippen LogP contribution in [0.4, 0.5) is 0 Å². The van der Waals surface area contributed by atoms with Gasteiger partial charge in [-0.3, -0.25) is 4.79 Å². The van der Waals surface area contributed by atoms with Gasteiger partial charge in [-0.15, -0.1) is 11.8 Å². The Morgan fingerprint density at radius 3 is 2.82 bits per heavy atom.